The number of aliphatic imine (C=N–C) groups is 4. The van der Waals surface area contributed by atoms with Crippen molar-refractivity contribution >= 4 is 56.3 Å². The van der Waals surface area contributed by atoms with Gasteiger partial charge in [0.1, 0.15) is 0 Å². The number of nitrogens with zero attached hydrogens (tertiary/aromatic N) is 5. The van der Waals surface area contributed by atoms with Gasteiger partial charge in [0, 0.05) is 21.3 Å². The highest BCUT2D eigenvalue weighted by Gasteiger charge is 2.27. The summed E-state index contributed by atoms with van der Waals surface area (Å²) in [6.07, 6.45) is 0. The summed E-state index contributed by atoms with van der Waals surface area (Å²) in [4.78, 5) is 20.6. The summed E-state index contributed by atoms with van der Waals surface area (Å²) in [6.45, 7) is 0. The number of benzene rings is 4. The third-order valence-electron chi connectivity index (χ3n) is 5.97. The largest absolute Gasteiger partial charge is 0.453 e. The first-order chi connectivity index (χ1) is 17.2. The van der Waals surface area contributed by atoms with E-state index in [4.69, 9.17) is 4.74 Å². The zero-order valence-electron chi connectivity index (χ0n) is 18.3. The Labute approximate surface area is 209 Å². The van der Waals surface area contributed by atoms with Crippen molar-refractivity contribution in [3.63, 3.8) is 0 Å². The Morgan fingerprint density at radius 1 is 0.514 bits per heavy atom. The molecule has 6 nitrogen and oxygen atoms in total. The number of rotatable bonds is 3. The van der Waals surface area contributed by atoms with Gasteiger partial charge in [0.25, 0.3) is 0 Å². The molecule has 0 radical (unpaired) electrons. The van der Waals surface area contributed by atoms with Crippen LogP contribution < -0.4 is 9.64 Å². The van der Waals surface area contributed by atoms with Gasteiger partial charge in [0.05, 0.1) is 11.4 Å². The monoisotopic (exact) mass is 517 g/mol. The fourth-order valence-corrected chi connectivity index (χ4v) is 4.57. The standard InChI is InChI=1S/C28H16BrN5O/c29-19-13-9-17(10-14-19)25-30-27-28(31-25)33-26(32-27)18-11-15-20(16-12-18)34-21-5-1-3-7-23(21)35-24-8-4-2-6-22(24)34/h1-16H. The van der Waals surface area contributed by atoms with E-state index in [-0.39, 0.29) is 0 Å². The maximum absolute atomic E-state index is 6.12. The molecule has 0 unspecified atom stereocenters. The van der Waals surface area contributed by atoms with Crippen molar-refractivity contribution < 1.29 is 4.74 Å². The lowest BCUT2D eigenvalue weighted by Crippen LogP contribution is -2.15. The molecule has 0 amide bonds. The third-order valence-corrected chi connectivity index (χ3v) is 6.49. The molecular formula is C28H16BrN5O. The molecule has 0 N–H and O–H groups in total. The van der Waals surface area contributed by atoms with Crippen LogP contribution >= 0.6 is 15.9 Å². The van der Waals surface area contributed by atoms with Gasteiger partial charge in [-0.3, -0.25) is 0 Å². The van der Waals surface area contributed by atoms with E-state index in [0.29, 0.717) is 23.3 Å². The lowest BCUT2D eigenvalue weighted by atomic mass is 10.1. The van der Waals surface area contributed by atoms with Gasteiger partial charge in [-0.05, 0) is 60.7 Å². The number of amidine groups is 4. The van der Waals surface area contributed by atoms with Crippen LogP contribution in [0.2, 0.25) is 0 Å². The Bertz CT molecular complexity index is 1570. The number of para-hydroxylation sites is 4. The van der Waals surface area contributed by atoms with Crippen LogP contribution in [0.15, 0.2) is 122 Å². The number of fused-ring (bicyclic) bond motifs is 3. The number of hydrogen-bond donors (Lipinski definition) is 0. The predicted molar refractivity (Wildman–Crippen MR) is 143 cm³/mol. The first kappa shape index (κ1) is 20.1. The molecule has 0 spiro atoms. The summed E-state index contributed by atoms with van der Waals surface area (Å²) in [7, 11) is 0. The van der Waals surface area contributed by atoms with Crippen molar-refractivity contribution in [2.75, 3.05) is 4.90 Å². The molecule has 0 aromatic heterocycles. The molecule has 7 rings (SSSR count). The minimum Gasteiger partial charge on any atom is -0.453 e. The first-order valence-electron chi connectivity index (χ1n) is 11.1. The van der Waals surface area contributed by atoms with Crippen LogP contribution in [-0.2, 0) is 0 Å². The molecule has 3 heterocycles. The summed E-state index contributed by atoms with van der Waals surface area (Å²) in [6, 6.07) is 32.2. The first-order valence-corrected chi connectivity index (χ1v) is 11.9. The molecule has 0 atom stereocenters. The number of halogens is 1. The van der Waals surface area contributed by atoms with Gasteiger partial charge in [-0.25, -0.2) is 20.0 Å². The minimum atomic E-state index is 0.554. The van der Waals surface area contributed by atoms with Crippen LogP contribution in [0.5, 0.6) is 11.5 Å². The van der Waals surface area contributed by atoms with Crippen LogP contribution in [0.4, 0.5) is 17.1 Å². The Hall–Kier alpha value is -4.36. The van der Waals surface area contributed by atoms with Crippen molar-refractivity contribution in [2.45, 2.75) is 0 Å². The summed E-state index contributed by atoms with van der Waals surface area (Å²) >= 11 is 3.45. The second-order valence-corrected chi connectivity index (χ2v) is 9.08. The molecule has 4 aromatic rings. The van der Waals surface area contributed by atoms with Crippen LogP contribution in [-0.4, -0.2) is 23.3 Å². The van der Waals surface area contributed by atoms with Crippen LogP contribution in [0.1, 0.15) is 11.1 Å². The predicted octanol–water partition coefficient (Wildman–Crippen LogP) is 7.04. The Kier molecular flexibility index (Phi) is 4.50. The van der Waals surface area contributed by atoms with E-state index in [1.165, 1.54) is 0 Å². The Morgan fingerprint density at radius 3 is 1.51 bits per heavy atom. The van der Waals surface area contributed by atoms with Gasteiger partial charge < -0.3 is 9.64 Å². The van der Waals surface area contributed by atoms with Crippen LogP contribution in [0.25, 0.3) is 0 Å². The summed E-state index contributed by atoms with van der Waals surface area (Å²) in [5.74, 6) is 4.01. The maximum Gasteiger partial charge on any atom is 0.202 e. The van der Waals surface area contributed by atoms with Gasteiger partial charge >= 0.3 is 0 Å². The Balaban J connectivity index is 1.19. The van der Waals surface area contributed by atoms with E-state index in [1.54, 1.807) is 0 Å². The summed E-state index contributed by atoms with van der Waals surface area (Å²) in [5.41, 5.74) is 4.86. The van der Waals surface area contributed by atoms with Crippen molar-refractivity contribution in [3.05, 3.63) is 113 Å². The summed E-state index contributed by atoms with van der Waals surface area (Å²) in [5, 5.41) is 0. The number of hydrogen-bond acceptors (Lipinski definition) is 6. The van der Waals surface area contributed by atoms with E-state index in [2.05, 4.69) is 65.1 Å². The maximum atomic E-state index is 6.12. The normalized spacial score (nSPS) is 15.3. The summed E-state index contributed by atoms with van der Waals surface area (Å²) < 4.78 is 7.13. The fraction of sp³-hybridized carbons (Fsp3) is 0. The molecule has 0 aliphatic carbocycles. The number of ether oxygens (including phenoxy) is 1. The molecule has 35 heavy (non-hydrogen) atoms. The quantitative estimate of drug-likeness (QED) is 0.257. The number of anilines is 3. The van der Waals surface area contributed by atoms with Crippen LogP contribution in [0, 0.1) is 0 Å². The SMILES string of the molecule is Brc1ccc(C2=NC3=NC(c4ccc(N5c6ccccc6Oc6ccccc65)cc4)=NC3=N2)cc1. The van der Waals surface area contributed by atoms with E-state index < -0.39 is 0 Å². The smallest absolute Gasteiger partial charge is 0.202 e. The lowest BCUT2D eigenvalue weighted by molar-refractivity contribution is 0.477. The highest BCUT2D eigenvalue weighted by Crippen LogP contribution is 2.49. The Morgan fingerprint density at radius 2 is 0.971 bits per heavy atom. The molecule has 0 fully saturated rings. The van der Waals surface area contributed by atoms with E-state index in [1.807, 2.05) is 72.8 Å². The van der Waals surface area contributed by atoms with Crippen molar-refractivity contribution in [2.24, 2.45) is 20.0 Å². The zero-order valence-corrected chi connectivity index (χ0v) is 19.8. The average molecular weight is 518 g/mol. The minimum absolute atomic E-state index is 0.554. The second kappa shape index (κ2) is 7.85. The molecule has 4 aromatic carbocycles. The van der Waals surface area contributed by atoms with Crippen molar-refractivity contribution in [1.29, 1.82) is 0 Å². The molecule has 0 saturated heterocycles. The molecular weight excluding hydrogens is 502 g/mol. The fourth-order valence-electron chi connectivity index (χ4n) is 4.30. The van der Waals surface area contributed by atoms with Gasteiger partial charge in [0.2, 0.25) is 11.7 Å². The van der Waals surface area contributed by atoms with Crippen LogP contribution in [0.3, 0.4) is 0 Å². The van der Waals surface area contributed by atoms with Gasteiger partial charge in [0.15, 0.2) is 23.2 Å². The molecule has 7 heteroatoms. The van der Waals surface area contributed by atoms with E-state index in [9.17, 15) is 0 Å². The van der Waals surface area contributed by atoms with Gasteiger partial charge in [-0.15, -0.1) is 0 Å². The molecule has 166 valence electrons. The molecule has 0 bridgehead atoms. The topological polar surface area (TPSA) is 61.9 Å². The average Bonchev–Trinajstić information content (AvgIpc) is 3.48. The van der Waals surface area contributed by atoms with Gasteiger partial charge in [-0.1, -0.05) is 52.3 Å². The zero-order chi connectivity index (χ0) is 23.4. The highest BCUT2D eigenvalue weighted by molar-refractivity contribution is 9.10. The van der Waals surface area contributed by atoms with E-state index >= 15 is 0 Å². The van der Waals surface area contributed by atoms with Crippen molar-refractivity contribution in [1.82, 2.24) is 0 Å². The van der Waals surface area contributed by atoms with Crippen molar-refractivity contribution in [3.8, 4) is 11.5 Å². The third kappa shape index (κ3) is 3.40. The molecule has 3 aliphatic rings. The van der Waals surface area contributed by atoms with E-state index in [0.717, 1.165) is 44.2 Å². The lowest BCUT2D eigenvalue weighted by Gasteiger charge is -2.32. The molecule has 0 saturated carbocycles. The second-order valence-electron chi connectivity index (χ2n) is 8.17. The molecule has 3 aliphatic heterocycles. The highest BCUT2D eigenvalue weighted by atomic mass is 79.9. The van der Waals surface area contributed by atoms with Gasteiger partial charge in [-0.2, -0.15) is 0 Å².